The number of halogens is 3. The summed E-state index contributed by atoms with van der Waals surface area (Å²) >= 11 is 0. The van der Waals surface area contributed by atoms with Gasteiger partial charge in [0.15, 0.2) is 0 Å². The van der Waals surface area contributed by atoms with E-state index < -0.39 is 17.3 Å². The summed E-state index contributed by atoms with van der Waals surface area (Å²) in [5.41, 5.74) is 0.867. The Balaban J connectivity index is 2.08. The van der Waals surface area contributed by atoms with Gasteiger partial charge in [-0.05, 0) is 30.2 Å². The molecular formula is C17H11F3N2O. The van der Waals surface area contributed by atoms with Gasteiger partial charge in [0.1, 0.15) is 5.82 Å². The van der Waals surface area contributed by atoms with E-state index in [0.717, 1.165) is 23.3 Å². The smallest absolute Gasteiger partial charge is 0.325 e. The second kappa shape index (κ2) is 4.68. The Kier molecular flexibility index (Phi) is 2.85. The second-order valence-corrected chi connectivity index (χ2v) is 5.53. The zero-order valence-electron chi connectivity index (χ0n) is 11.9. The van der Waals surface area contributed by atoms with Gasteiger partial charge >= 0.3 is 6.18 Å². The molecule has 4 rings (SSSR count). The number of rotatable bonds is 0. The van der Waals surface area contributed by atoms with Crippen LogP contribution in [0.1, 0.15) is 11.1 Å². The van der Waals surface area contributed by atoms with Gasteiger partial charge in [0, 0.05) is 12.1 Å². The maximum atomic E-state index is 13.0. The Bertz CT molecular complexity index is 989. The highest BCUT2D eigenvalue weighted by atomic mass is 19.4. The third kappa shape index (κ3) is 2.13. The predicted octanol–water partition coefficient (Wildman–Crippen LogP) is 3.64. The molecule has 0 atom stereocenters. The van der Waals surface area contributed by atoms with Crippen LogP contribution in [0.5, 0.6) is 0 Å². The lowest BCUT2D eigenvalue weighted by Crippen LogP contribution is -2.21. The number of hydrogen-bond acceptors (Lipinski definition) is 2. The van der Waals surface area contributed by atoms with E-state index in [4.69, 9.17) is 0 Å². The van der Waals surface area contributed by atoms with Gasteiger partial charge in [0.05, 0.1) is 16.5 Å². The molecular weight excluding hydrogens is 305 g/mol. The van der Waals surface area contributed by atoms with Gasteiger partial charge in [-0.15, -0.1) is 0 Å². The molecule has 3 aromatic rings. The maximum absolute atomic E-state index is 13.0. The van der Waals surface area contributed by atoms with Gasteiger partial charge < -0.3 is 4.57 Å². The lowest BCUT2D eigenvalue weighted by atomic mass is 9.99. The summed E-state index contributed by atoms with van der Waals surface area (Å²) in [6.45, 7) is 0.497. The fourth-order valence-electron chi connectivity index (χ4n) is 3.06. The van der Waals surface area contributed by atoms with Crippen LogP contribution in [0.3, 0.4) is 0 Å². The van der Waals surface area contributed by atoms with Gasteiger partial charge in [-0.25, -0.2) is 0 Å². The summed E-state index contributed by atoms with van der Waals surface area (Å²) in [6.07, 6.45) is -3.75. The Hall–Kier alpha value is -2.63. The van der Waals surface area contributed by atoms with Crippen molar-refractivity contribution in [3.8, 4) is 11.4 Å². The van der Waals surface area contributed by atoms with E-state index >= 15 is 0 Å². The average Bonchev–Trinajstić information content (AvgIpc) is 2.53. The molecule has 0 spiro atoms. The van der Waals surface area contributed by atoms with E-state index in [2.05, 4.69) is 4.98 Å². The van der Waals surface area contributed by atoms with Crippen LogP contribution in [-0.4, -0.2) is 9.55 Å². The van der Waals surface area contributed by atoms with Crippen LogP contribution in [0.25, 0.3) is 22.3 Å². The minimum atomic E-state index is -4.44. The third-order valence-corrected chi connectivity index (χ3v) is 4.17. The lowest BCUT2D eigenvalue weighted by Gasteiger charge is -2.23. The van der Waals surface area contributed by atoms with Crippen LogP contribution in [0.2, 0.25) is 0 Å². The molecule has 23 heavy (non-hydrogen) atoms. The fourth-order valence-corrected chi connectivity index (χ4v) is 3.06. The molecule has 1 aromatic heterocycles. The van der Waals surface area contributed by atoms with Crippen LogP contribution in [0.4, 0.5) is 13.2 Å². The molecule has 2 heterocycles. The summed E-state index contributed by atoms with van der Waals surface area (Å²) < 4.78 is 40.7. The summed E-state index contributed by atoms with van der Waals surface area (Å²) in [5.74, 6) is 0.434. The summed E-state index contributed by atoms with van der Waals surface area (Å²) in [4.78, 5) is 16.3. The SMILES string of the molecule is O=c1nc2n(c3cc(C(F)(F)F)ccc13)CCc1ccccc1-2. The first-order chi connectivity index (χ1) is 10.9. The van der Waals surface area contributed by atoms with E-state index in [1.54, 1.807) is 4.57 Å². The molecule has 6 heteroatoms. The zero-order chi connectivity index (χ0) is 16.2. The molecule has 1 aliphatic rings. The zero-order valence-corrected chi connectivity index (χ0v) is 11.9. The normalized spacial score (nSPS) is 13.7. The van der Waals surface area contributed by atoms with Crippen molar-refractivity contribution < 1.29 is 13.2 Å². The maximum Gasteiger partial charge on any atom is 0.416 e. The highest BCUT2D eigenvalue weighted by Crippen LogP contribution is 2.33. The monoisotopic (exact) mass is 316 g/mol. The first-order valence-electron chi connectivity index (χ1n) is 7.15. The molecule has 1 aliphatic heterocycles. The lowest BCUT2D eigenvalue weighted by molar-refractivity contribution is -0.137. The topological polar surface area (TPSA) is 34.9 Å². The molecule has 2 aromatic carbocycles. The quantitative estimate of drug-likeness (QED) is 0.635. The highest BCUT2D eigenvalue weighted by molar-refractivity contribution is 5.82. The first kappa shape index (κ1) is 14.0. The number of nitrogens with zero attached hydrogens (tertiary/aromatic N) is 2. The Morgan fingerprint density at radius 3 is 2.65 bits per heavy atom. The Labute approximate surface area is 129 Å². The molecule has 0 saturated heterocycles. The van der Waals surface area contributed by atoms with Crippen molar-refractivity contribution in [2.45, 2.75) is 19.1 Å². The van der Waals surface area contributed by atoms with Gasteiger partial charge in [0.25, 0.3) is 5.56 Å². The minimum Gasteiger partial charge on any atom is -0.325 e. The van der Waals surface area contributed by atoms with Crippen LogP contribution in [0.15, 0.2) is 47.3 Å². The highest BCUT2D eigenvalue weighted by Gasteiger charge is 2.31. The van der Waals surface area contributed by atoms with E-state index in [1.165, 1.54) is 6.07 Å². The van der Waals surface area contributed by atoms with Crippen molar-refractivity contribution in [2.75, 3.05) is 0 Å². The van der Waals surface area contributed by atoms with Gasteiger partial charge in [-0.1, -0.05) is 24.3 Å². The molecule has 0 radical (unpaired) electrons. The molecule has 0 unspecified atom stereocenters. The Morgan fingerprint density at radius 2 is 1.87 bits per heavy atom. The van der Waals surface area contributed by atoms with Gasteiger partial charge in [0.2, 0.25) is 0 Å². The molecule has 0 fully saturated rings. The molecule has 0 bridgehead atoms. The number of hydrogen-bond donors (Lipinski definition) is 0. The van der Waals surface area contributed by atoms with Crippen molar-refractivity contribution in [1.82, 2.24) is 9.55 Å². The van der Waals surface area contributed by atoms with Crippen LogP contribution < -0.4 is 5.56 Å². The van der Waals surface area contributed by atoms with Crippen molar-refractivity contribution in [3.63, 3.8) is 0 Å². The first-order valence-corrected chi connectivity index (χ1v) is 7.15. The van der Waals surface area contributed by atoms with Crippen molar-refractivity contribution >= 4 is 10.9 Å². The molecule has 0 saturated carbocycles. The average molecular weight is 316 g/mol. The summed E-state index contributed by atoms with van der Waals surface area (Å²) in [5, 5.41) is 0.209. The number of aryl methyl sites for hydroxylation is 2. The van der Waals surface area contributed by atoms with Crippen LogP contribution >= 0.6 is 0 Å². The number of fused-ring (bicyclic) bond motifs is 5. The van der Waals surface area contributed by atoms with E-state index in [9.17, 15) is 18.0 Å². The van der Waals surface area contributed by atoms with E-state index in [1.807, 2.05) is 24.3 Å². The van der Waals surface area contributed by atoms with Gasteiger partial charge in [-0.3, -0.25) is 4.79 Å². The predicted molar refractivity (Wildman–Crippen MR) is 80.1 cm³/mol. The Morgan fingerprint density at radius 1 is 1.09 bits per heavy atom. The fraction of sp³-hybridized carbons (Fsp3) is 0.176. The van der Waals surface area contributed by atoms with Crippen molar-refractivity contribution in [1.29, 1.82) is 0 Å². The molecule has 0 aliphatic carbocycles. The second-order valence-electron chi connectivity index (χ2n) is 5.53. The minimum absolute atomic E-state index is 0.209. The summed E-state index contributed by atoms with van der Waals surface area (Å²) in [7, 11) is 0. The number of aromatic nitrogens is 2. The van der Waals surface area contributed by atoms with Crippen LogP contribution in [0, 0.1) is 0 Å². The van der Waals surface area contributed by atoms with E-state index in [0.29, 0.717) is 18.8 Å². The van der Waals surface area contributed by atoms with Gasteiger partial charge in [-0.2, -0.15) is 18.2 Å². The standard InChI is InChI=1S/C17H11F3N2O/c18-17(19,20)11-5-6-13-14(9-11)22-8-7-10-3-1-2-4-12(10)15(22)21-16(13)23/h1-6,9H,7-8H2. The van der Waals surface area contributed by atoms with E-state index in [-0.39, 0.29) is 10.9 Å². The third-order valence-electron chi connectivity index (χ3n) is 4.17. The number of benzene rings is 2. The number of alkyl halides is 3. The summed E-state index contributed by atoms with van der Waals surface area (Å²) in [6, 6.07) is 10.7. The molecule has 0 N–H and O–H groups in total. The van der Waals surface area contributed by atoms with Crippen molar-refractivity contribution in [2.24, 2.45) is 0 Å². The van der Waals surface area contributed by atoms with Crippen molar-refractivity contribution in [3.05, 3.63) is 63.9 Å². The largest absolute Gasteiger partial charge is 0.416 e. The molecule has 116 valence electrons. The molecule has 0 amide bonds. The van der Waals surface area contributed by atoms with Crippen LogP contribution in [-0.2, 0) is 19.1 Å². The molecule has 3 nitrogen and oxygen atoms in total.